The summed E-state index contributed by atoms with van der Waals surface area (Å²) in [6.07, 6.45) is -2.30. The van der Waals surface area contributed by atoms with Crippen LogP contribution in [-0.2, 0) is 28.5 Å². The quantitative estimate of drug-likeness (QED) is 0.401. The molecule has 5 atom stereocenters. The minimum absolute atomic E-state index is 0.0216. The summed E-state index contributed by atoms with van der Waals surface area (Å²) in [4.78, 5) is 40.3. The van der Waals surface area contributed by atoms with Gasteiger partial charge in [-0.2, -0.15) is 4.98 Å². The van der Waals surface area contributed by atoms with Crippen LogP contribution in [0.2, 0.25) is 0 Å². The van der Waals surface area contributed by atoms with E-state index in [1.54, 1.807) is 40.1 Å². The van der Waals surface area contributed by atoms with E-state index in [1.807, 2.05) is 0 Å². The smallest absolute Gasteiger partial charge is 0.408 e. The maximum atomic E-state index is 12.4. The number of carbonyl (C=O) groups is 2. The summed E-state index contributed by atoms with van der Waals surface area (Å²) in [7, 11) is 0. The number of anilines is 1. The molecule has 2 aliphatic rings. The molecule has 0 spiro atoms. The Hall–Kier alpha value is -2.74. The van der Waals surface area contributed by atoms with E-state index < -0.39 is 59.7 Å². The number of nitrogens with zero attached hydrogens (tertiary/aromatic N) is 2. The molecule has 3 rings (SSSR count). The van der Waals surface area contributed by atoms with Gasteiger partial charge in [-0.05, 0) is 47.6 Å². The van der Waals surface area contributed by atoms with Crippen LogP contribution in [0, 0.1) is 0 Å². The monoisotopic (exact) mass is 470 g/mol. The van der Waals surface area contributed by atoms with Crippen molar-refractivity contribution in [3.63, 3.8) is 0 Å². The van der Waals surface area contributed by atoms with Gasteiger partial charge < -0.3 is 29.0 Å². The first-order valence-corrected chi connectivity index (χ1v) is 10.5. The molecule has 0 unspecified atom stereocenters. The van der Waals surface area contributed by atoms with Crippen molar-refractivity contribution in [3.05, 3.63) is 22.7 Å². The van der Waals surface area contributed by atoms with E-state index >= 15 is 0 Å². The molecule has 184 valence electrons. The van der Waals surface area contributed by atoms with Gasteiger partial charge in [0.2, 0.25) is 0 Å². The molecule has 33 heavy (non-hydrogen) atoms. The Morgan fingerprint density at radius 3 is 2.58 bits per heavy atom. The van der Waals surface area contributed by atoms with Crippen LogP contribution in [0.25, 0.3) is 0 Å². The van der Waals surface area contributed by atoms with Gasteiger partial charge in [0, 0.05) is 6.20 Å². The van der Waals surface area contributed by atoms with Crippen molar-refractivity contribution in [1.82, 2.24) is 14.9 Å². The largest absolute Gasteiger partial charge is 0.461 e. The average molecular weight is 470 g/mol. The summed E-state index contributed by atoms with van der Waals surface area (Å²) in [5, 5.41) is 11.3. The molecule has 13 heteroatoms. The molecule has 2 aliphatic heterocycles. The van der Waals surface area contributed by atoms with Gasteiger partial charge in [0.15, 0.2) is 17.8 Å². The highest BCUT2D eigenvalue weighted by atomic mass is 16.8. The standard InChI is InChI=1S/C20H30N4O9/c1-10(21-18(27)33-19(2,3)4)16(25)29-9-11-13-14(32-20(5,6)31-13)15(30-11)24-8-7-12(23-28)22-17(24)26/h7-8,10-11,13-15,28H,9H2,1-6H3,(H,21,27)(H,22,23,26)/t10-,11+,13+,14+,15+/m0/s1. The predicted octanol–water partition coefficient (Wildman–Crippen LogP) is 0.918. The van der Waals surface area contributed by atoms with Crippen LogP contribution in [0.3, 0.4) is 0 Å². The molecule has 2 saturated heterocycles. The summed E-state index contributed by atoms with van der Waals surface area (Å²) in [5.41, 5.74) is 0.416. The summed E-state index contributed by atoms with van der Waals surface area (Å²) >= 11 is 0. The molecule has 2 fully saturated rings. The van der Waals surface area contributed by atoms with Crippen molar-refractivity contribution in [2.45, 2.75) is 83.5 Å². The Kier molecular flexibility index (Phi) is 6.98. The van der Waals surface area contributed by atoms with E-state index in [-0.39, 0.29) is 12.4 Å². The maximum Gasteiger partial charge on any atom is 0.408 e. The SMILES string of the molecule is C[C@H](NC(=O)OC(C)(C)C)C(=O)OC[C@H]1O[C@@H](n2ccc(NO)nc2=O)[C@@H]2OC(C)(C)O[C@@H]21. The number of hydrogen-bond acceptors (Lipinski definition) is 11. The number of carbonyl (C=O) groups excluding carboxylic acids is 2. The predicted molar refractivity (Wildman–Crippen MR) is 111 cm³/mol. The third kappa shape index (κ3) is 5.99. The molecule has 1 aromatic heterocycles. The van der Waals surface area contributed by atoms with Crippen LogP contribution in [0.5, 0.6) is 0 Å². The number of rotatable bonds is 6. The second kappa shape index (κ2) is 9.25. The fourth-order valence-corrected chi connectivity index (χ4v) is 3.52. The van der Waals surface area contributed by atoms with Crippen molar-refractivity contribution in [3.8, 4) is 0 Å². The van der Waals surface area contributed by atoms with Gasteiger partial charge in [0.1, 0.15) is 36.6 Å². The van der Waals surface area contributed by atoms with Crippen molar-refractivity contribution < 1.29 is 38.5 Å². The fourth-order valence-electron chi connectivity index (χ4n) is 3.52. The number of amides is 1. The number of alkyl carbamates (subject to hydrolysis) is 1. The number of nitrogens with one attached hydrogen (secondary N) is 2. The van der Waals surface area contributed by atoms with E-state index in [1.165, 1.54) is 23.8 Å². The van der Waals surface area contributed by atoms with Crippen LogP contribution in [0.4, 0.5) is 10.6 Å². The zero-order chi connectivity index (χ0) is 24.6. The van der Waals surface area contributed by atoms with Crippen LogP contribution in [0.1, 0.15) is 47.8 Å². The molecule has 1 aromatic rings. The van der Waals surface area contributed by atoms with Gasteiger partial charge in [-0.25, -0.2) is 14.4 Å². The highest BCUT2D eigenvalue weighted by molar-refractivity contribution is 5.81. The molecule has 1 amide bonds. The Morgan fingerprint density at radius 2 is 1.97 bits per heavy atom. The van der Waals surface area contributed by atoms with E-state index in [9.17, 15) is 14.4 Å². The van der Waals surface area contributed by atoms with Gasteiger partial charge in [-0.3, -0.25) is 15.3 Å². The lowest BCUT2D eigenvalue weighted by Gasteiger charge is -2.25. The number of esters is 1. The lowest BCUT2D eigenvalue weighted by atomic mass is 10.1. The second-order valence-electron chi connectivity index (χ2n) is 9.24. The highest BCUT2D eigenvalue weighted by Gasteiger charge is 2.56. The Morgan fingerprint density at radius 1 is 1.30 bits per heavy atom. The van der Waals surface area contributed by atoms with Crippen molar-refractivity contribution in [2.24, 2.45) is 0 Å². The Bertz CT molecular complexity index is 942. The summed E-state index contributed by atoms with van der Waals surface area (Å²) in [5.74, 6) is -1.67. The normalized spacial score (nSPS) is 26.9. The molecule has 3 N–H and O–H groups in total. The topological polar surface area (TPSA) is 159 Å². The molecular weight excluding hydrogens is 440 g/mol. The van der Waals surface area contributed by atoms with Crippen molar-refractivity contribution in [1.29, 1.82) is 0 Å². The van der Waals surface area contributed by atoms with Gasteiger partial charge in [0.05, 0.1) is 0 Å². The number of aromatic nitrogens is 2. The van der Waals surface area contributed by atoms with Crippen molar-refractivity contribution >= 4 is 17.9 Å². The van der Waals surface area contributed by atoms with Gasteiger partial charge in [0.25, 0.3) is 0 Å². The maximum absolute atomic E-state index is 12.4. The minimum atomic E-state index is -0.963. The third-order valence-corrected chi connectivity index (χ3v) is 4.82. The second-order valence-corrected chi connectivity index (χ2v) is 9.24. The van der Waals surface area contributed by atoms with E-state index in [0.717, 1.165) is 0 Å². The molecule has 3 heterocycles. The van der Waals surface area contributed by atoms with Crippen LogP contribution >= 0.6 is 0 Å². The first kappa shape index (κ1) is 24.9. The fraction of sp³-hybridized carbons (Fsp3) is 0.700. The van der Waals surface area contributed by atoms with Crippen LogP contribution in [0.15, 0.2) is 17.1 Å². The summed E-state index contributed by atoms with van der Waals surface area (Å²) in [6.45, 7) is 9.83. The van der Waals surface area contributed by atoms with Crippen molar-refractivity contribution in [2.75, 3.05) is 12.1 Å². The van der Waals surface area contributed by atoms with E-state index in [4.69, 9.17) is 28.9 Å². The molecular formula is C20H30N4O9. The first-order valence-electron chi connectivity index (χ1n) is 10.5. The molecule has 0 saturated carbocycles. The lowest BCUT2D eigenvalue weighted by Crippen LogP contribution is -2.43. The van der Waals surface area contributed by atoms with Gasteiger partial charge in [-0.15, -0.1) is 0 Å². The average Bonchev–Trinajstić information content (AvgIpc) is 3.17. The zero-order valence-electron chi connectivity index (χ0n) is 19.4. The number of fused-ring (bicyclic) bond motifs is 1. The first-order chi connectivity index (χ1) is 15.3. The van der Waals surface area contributed by atoms with Gasteiger partial charge in [-0.1, -0.05) is 0 Å². The molecule has 13 nitrogen and oxygen atoms in total. The van der Waals surface area contributed by atoms with Crippen LogP contribution < -0.4 is 16.5 Å². The molecule has 0 radical (unpaired) electrons. The molecule has 0 aliphatic carbocycles. The number of ether oxygens (including phenoxy) is 5. The van der Waals surface area contributed by atoms with E-state index in [0.29, 0.717) is 0 Å². The van der Waals surface area contributed by atoms with Crippen LogP contribution in [-0.4, -0.2) is 69.2 Å². The summed E-state index contributed by atoms with van der Waals surface area (Å²) < 4.78 is 29.4. The Labute approximate surface area is 190 Å². The van der Waals surface area contributed by atoms with E-state index in [2.05, 4.69) is 10.3 Å². The Balaban J connectivity index is 1.66. The third-order valence-electron chi connectivity index (χ3n) is 4.82. The summed E-state index contributed by atoms with van der Waals surface area (Å²) in [6, 6.07) is 0.424. The highest BCUT2D eigenvalue weighted by Crippen LogP contribution is 2.42. The zero-order valence-corrected chi connectivity index (χ0v) is 19.4. The molecule has 0 aromatic carbocycles. The lowest BCUT2D eigenvalue weighted by molar-refractivity contribution is -0.203. The minimum Gasteiger partial charge on any atom is -0.461 e. The molecule has 0 bridgehead atoms. The number of hydrogen-bond donors (Lipinski definition) is 3. The van der Waals surface area contributed by atoms with Gasteiger partial charge >= 0.3 is 17.8 Å².